The van der Waals surface area contributed by atoms with Crippen molar-refractivity contribution in [2.45, 2.75) is 18.9 Å². The van der Waals surface area contributed by atoms with Crippen LogP contribution in [0, 0.1) is 0 Å². The molecule has 1 aliphatic rings. The van der Waals surface area contributed by atoms with Gasteiger partial charge in [0.1, 0.15) is 0 Å². The lowest BCUT2D eigenvalue weighted by Gasteiger charge is -2.33. The number of hydrogen-bond acceptors (Lipinski definition) is 2. The van der Waals surface area contributed by atoms with Gasteiger partial charge in [0.2, 0.25) is 6.41 Å². The van der Waals surface area contributed by atoms with Crippen molar-refractivity contribution in [2.75, 3.05) is 27.2 Å². The van der Waals surface area contributed by atoms with E-state index in [1.807, 2.05) is 7.05 Å². The van der Waals surface area contributed by atoms with Crippen molar-refractivity contribution in [2.24, 2.45) is 0 Å². The summed E-state index contributed by atoms with van der Waals surface area (Å²) >= 11 is 0. The van der Waals surface area contributed by atoms with E-state index < -0.39 is 0 Å². The Bertz CT molecular complexity index is 138. The number of carbonyl (C=O) groups is 1. The van der Waals surface area contributed by atoms with Gasteiger partial charge in [0.05, 0.1) is 0 Å². The number of likely N-dealkylation sites (N-methyl/N-ethyl adjacent to an activating group) is 2. The summed E-state index contributed by atoms with van der Waals surface area (Å²) in [7, 11) is 3.96. The molecule has 0 radical (unpaired) electrons. The topological polar surface area (TPSA) is 23.6 Å². The second-order valence-electron chi connectivity index (χ2n) is 3.33. The minimum absolute atomic E-state index is 0.436. The summed E-state index contributed by atoms with van der Waals surface area (Å²) in [5, 5.41) is 0. The fourth-order valence-corrected chi connectivity index (χ4v) is 1.56. The summed E-state index contributed by atoms with van der Waals surface area (Å²) < 4.78 is 0. The van der Waals surface area contributed by atoms with Crippen LogP contribution in [0.15, 0.2) is 0 Å². The first-order valence-corrected chi connectivity index (χ1v) is 4.10. The third kappa shape index (κ3) is 2.19. The van der Waals surface area contributed by atoms with E-state index in [0.717, 1.165) is 19.4 Å². The third-order valence-electron chi connectivity index (χ3n) is 2.34. The van der Waals surface area contributed by atoms with Gasteiger partial charge in [-0.2, -0.15) is 0 Å². The molecule has 3 heteroatoms. The van der Waals surface area contributed by atoms with Crippen molar-refractivity contribution in [1.82, 2.24) is 9.80 Å². The van der Waals surface area contributed by atoms with E-state index in [0.29, 0.717) is 6.04 Å². The molecule has 0 bridgehead atoms. The number of likely N-dealkylation sites (tertiary alicyclic amines) is 1. The first kappa shape index (κ1) is 8.53. The van der Waals surface area contributed by atoms with Crippen LogP contribution in [0.5, 0.6) is 0 Å². The van der Waals surface area contributed by atoms with E-state index in [1.54, 1.807) is 4.90 Å². The highest BCUT2D eigenvalue weighted by Gasteiger charge is 2.19. The highest BCUT2D eigenvalue weighted by Crippen LogP contribution is 2.11. The van der Waals surface area contributed by atoms with E-state index in [2.05, 4.69) is 11.9 Å². The first-order chi connectivity index (χ1) is 5.24. The minimum Gasteiger partial charge on any atom is -0.344 e. The summed E-state index contributed by atoms with van der Waals surface area (Å²) in [4.78, 5) is 14.5. The molecule has 1 atom stereocenters. The molecule has 0 saturated carbocycles. The largest absolute Gasteiger partial charge is 0.344 e. The van der Waals surface area contributed by atoms with E-state index in [1.165, 1.54) is 13.0 Å². The van der Waals surface area contributed by atoms with Gasteiger partial charge >= 0.3 is 0 Å². The Balaban J connectivity index is 2.38. The molecule has 1 heterocycles. The summed E-state index contributed by atoms with van der Waals surface area (Å²) in [5.74, 6) is 0. The van der Waals surface area contributed by atoms with Crippen LogP contribution in [0.3, 0.4) is 0 Å². The van der Waals surface area contributed by atoms with Gasteiger partial charge in [0, 0.05) is 19.6 Å². The summed E-state index contributed by atoms with van der Waals surface area (Å²) in [6, 6.07) is 0.436. The van der Waals surface area contributed by atoms with Gasteiger partial charge in [0.25, 0.3) is 0 Å². The van der Waals surface area contributed by atoms with Crippen LogP contribution in [0.2, 0.25) is 0 Å². The zero-order valence-corrected chi connectivity index (χ0v) is 7.29. The van der Waals surface area contributed by atoms with E-state index in [4.69, 9.17) is 0 Å². The minimum atomic E-state index is 0.436. The Labute approximate surface area is 68.0 Å². The van der Waals surface area contributed by atoms with Gasteiger partial charge in [-0.3, -0.25) is 4.79 Å². The molecule has 3 nitrogen and oxygen atoms in total. The highest BCUT2D eigenvalue weighted by molar-refractivity contribution is 5.47. The zero-order chi connectivity index (χ0) is 8.27. The number of piperidine rings is 1. The van der Waals surface area contributed by atoms with Crippen LogP contribution >= 0.6 is 0 Å². The average Bonchev–Trinajstić information content (AvgIpc) is 2.03. The molecule has 0 aromatic heterocycles. The predicted molar refractivity (Wildman–Crippen MR) is 44.3 cm³/mol. The predicted octanol–water partition coefficient (Wildman–Crippen LogP) is 0.169. The lowest BCUT2D eigenvalue weighted by Crippen LogP contribution is -2.44. The Morgan fingerprint density at radius 3 is 2.91 bits per heavy atom. The molecule has 0 aromatic carbocycles. The van der Waals surface area contributed by atoms with Crippen molar-refractivity contribution < 1.29 is 4.79 Å². The summed E-state index contributed by atoms with van der Waals surface area (Å²) in [5.41, 5.74) is 0. The van der Waals surface area contributed by atoms with E-state index in [-0.39, 0.29) is 0 Å². The maximum absolute atomic E-state index is 10.4. The van der Waals surface area contributed by atoms with Crippen molar-refractivity contribution in [3.63, 3.8) is 0 Å². The molecule has 0 aromatic rings. The van der Waals surface area contributed by atoms with Gasteiger partial charge in [-0.25, -0.2) is 0 Å². The van der Waals surface area contributed by atoms with E-state index in [9.17, 15) is 4.79 Å². The Morgan fingerprint density at radius 1 is 1.64 bits per heavy atom. The SMILES string of the molecule is CN1CCCC(N(C)C=O)C1. The fraction of sp³-hybridized carbons (Fsp3) is 0.875. The van der Waals surface area contributed by atoms with Crippen LogP contribution in [-0.4, -0.2) is 49.4 Å². The Hall–Kier alpha value is -0.570. The molecule has 0 aliphatic carbocycles. The molecule has 0 spiro atoms. The molecule has 1 fully saturated rings. The van der Waals surface area contributed by atoms with Gasteiger partial charge in [0.15, 0.2) is 0 Å². The highest BCUT2D eigenvalue weighted by atomic mass is 16.1. The van der Waals surface area contributed by atoms with Crippen LogP contribution in [0.4, 0.5) is 0 Å². The Kier molecular flexibility index (Phi) is 2.88. The van der Waals surface area contributed by atoms with Gasteiger partial charge in [-0.1, -0.05) is 0 Å². The third-order valence-corrected chi connectivity index (χ3v) is 2.34. The second kappa shape index (κ2) is 3.72. The van der Waals surface area contributed by atoms with Crippen LogP contribution < -0.4 is 0 Å². The molecule has 64 valence electrons. The molecular weight excluding hydrogens is 140 g/mol. The molecule has 1 aliphatic heterocycles. The van der Waals surface area contributed by atoms with Crippen molar-refractivity contribution >= 4 is 6.41 Å². The van der Waals surface area contributed by atoms with Crippen molar-refractivity contribution in [1.29, 1.82) is 0 Å². The van der Waals surface area contributed by atoms with Crippen LogP contribution in [-0.2, 0) is 4.79 Å². The van der Waals surface area contributed by atoms with Gasteiger partial charge < -0.3 is 9.80 Å². The summed E-state index contributed by atoms with van der Waals surface area (Å²) in [6.45, 7) is 2.19. The lowest BCUT2D eigenvalue weighted by molar-refractivity contribution is -0.119. The smallest absolute Gasteiger partial charge is 0.209 e. The molecule has 1 rings (SSSR count). The summed E-state index contributed by atoms with van der Waals surface area (Å²) in [6.07, 6.45) is 3.28. The maximum atomic E-state index is 10.4. The molecular formula is C8H16N2O. The monoisotopic (exact) mass is 156 g/mol. The second-order valence-corrected chi connectivity index (χ2v) is 3.33. The van der Waals surface area contributed by atoms with E-state index >= 15 is 0 Å². The number of amides is 1. The number of carbonyl (C=O) groups excluding carboxylic acids is 1. The zero-order valence-electron chi connectivity index (χ0n) is 7.29. The van der Waals surface area contributed by atoms with Crippen LogP contribution in [0.25, 0.3) is 0 Å². The quantitative estimate of drug-likeness (QED) is 0.532. The Morgan fingerprint density at radius 2 is 2.36 bits per heavy atom. The molecule has 1 saturated heterocycles. The van der Waals surface area contributed by atoms with Crippen LogP contribution in [0.1, 0.15) is 12.8 Å². The fourth-order valence-electron chi connectivity index (χ4n) is 1.56. The number of hydrogen-bond donors (Lipinski definition) is 0. The lowest BCUT2D eigenvalue weighted by atomic mass is 10.1. The molecule has 1 amide bonds. The normalized spacial score (nSPS) is 26.5. The molecule has 1 unspecified atom stereocenters. The van der Waals surface area contributed by atoms with Gasteiger partial charge in [-0.15, -0.1) is 0 Å². The van der Waals surface area contributed by atoms with Gasteiger partial charge in [-0.05, 0) is 26.4 Å². The molecule has 11 heavy (non-hydrogen) atoms. The van der Waals surface area contributed by atoms with Crippen molar-refractivity contribution in [3.8, 4) is 0 Å². The maximum Gasteiger partial charge on any atom is 0.209 e. The molecule has 0 N–H and O–H groups in total. The number of nitrogens with zero attached hydrogens (tertiary/aromatic N) is 2. The first-order valence-electron chi connectivity index (χ1n) is 4.10. The number of rotatable bonds is 2. The van der Waals surface area contributed by atoms with Crippen molar-refractivity contribution in [3.05, 3.63) is 0 Å². The standard InChI is InChI=1S/C8H16N2O/c1-9-5-3-4-8(6-9)10(2)7-11/h7-8H,3-6H2,1-2H3. The average molecular weight is 156 g/mol.